The molecule has 5 heteroatoms. The average molecular weight is 325 g/mol. The molecule has 2 unspecified atom stereocenters. The van der Waals surface area contributed by atoms with E-state index < -0.39 is 0 Å². The highest BCUT2D eigenvalue weighted by molar-refractivity contribution is 7.99. The minimum atomic E-state index is 0.597. The predicted molar refractivity (Wildman–Crippen MR) is 96.8 cm³/mol. The van der Waals surface area contributed by atoms with Crippen molar-refractivity contribution in [3.8, 4) is 0 Å². The number of hydrogen-bond acceptors (Lipinski definition) is 3. The topological polar surface area (TPSA) is 39.7 Å². The van der Waals surface area contributed by atoms with Crippen molar-refractivity contribution in [1.82, 2.24) is 15.5 Å². The Hall–Kier alpha value is -0.420. The van der Waals surface area contributed by atoms with Crippen LogP contribution >= 0.6 is 11.8 Å². The Morgan fingerprint density at radius 1 is 1.14 bits per heavy atom. The Labute approximate surface area is 139 Å². The Morgan fingerprint density at radius 2 is 1.82 bits per heavy atom. The van der Waals surface area contributed by atoms with Gasteiger partial charge in [-0.3, -0.25) is 4.99 Å². The van der Waals surface area contributed by atoms with Crippen LogP contribution in [0.4, 0.5) is 0 Å². The molecular weight excluding hydrogens is 292 g/mol. The number of hydrogen-bond donors (Lipinski definition) is 2. The minimum absolute atomic E-state index is 0.597. The number of guanidine groups is 1. The van der Waals surface area contributed by atoms with Gasteiger partial charge in [0.25, 0.3) is 0 Å². The van der Waals surface area contributed by atoms with Crippen LogP contribution in [0.5, 0.6) is 0 Å². The summed E-state index contributed by atoms with van der Waals surface area (Å²) < 4.78 is 0. The highest BCUT2D eigenvalue weighted by Crippen LogP contribution is 2.32. The van der Waals surface area contributed by atoms with Gasteiger partial charge in [-0.2, -0.15) is 11.8 Å². The van der Waals surface area contributed by atoms with Crippen LogP contribution < -0.4 is 10.6 Å². The van der Waals surface area contributed by atoms with Crippen molar-refractivity contribution in [3.63, 3.8) is 0 Å². The normalized spacial score (nSPS) is 34.5. The number of rotatable bonds is 3. The standard InChI is InChI=1S/C17H32N4S/c1-18-17(19-12-13-6-8-22-9-7-13)20-14-10-15-4-3-5-16(11-14)21(15)2/h13-16H,3-12H2,1-2H3,(H2,18,19,20). The lowest BCUT2D eigenvalue weighted by molar-refractivity contribution is 0.0526. The molecule has 0 radical (unpaired) electrons. The summed E-state index contributed by atoms with van der Waals surface area (Å²) >= 11 is 2.10. The molecule has 0 aromatic carbocycles. The number of thioether (sulfide) groups is 1. The van der Waals surface area contributed by atoms with E-state index in [-0.39, 0.29) is 0 Å². The molecular formula is C17H32N4S. The van der Waals surface area contributed by atoms with Crippen molar-refractivity contribution in [3.05, 3.63) is 0 Å². The van der Waals surface area contributed by atoms with Gasteiger partial charge >= 0.3 is 0 Å². The van der Waals surface area contributed by atoms with Crippen LogP contribution in [0.2, 0.25) is 0 Å². The maximum absolute atomic E-state index is 4.46. The van der Waals surface area contributed by atoms with E-state index in [0.717, 1.165) is 30.5 Å². The van der Waals surface area contributed by atoms with Gasteiger partial charge in [0.2, 0.25) is 0 Å². The van der Waals surface area contributed by atoms with Gasteiger partial charge in [0.15, 0.2) is 5.96 Å². The van der Waals surface area contributed by atoms with E-state index in [2.05, 4.69) is 39.3 Å². The number of nitrogens with zero attached hydrogens (tertiary/aromatic N) is 2. The molecule has 2 bridgehead atoms. The van der Waals surface area contributed by atoms with Crippen molar-refractivity contribution in [2.45, 2.75) is 63.1 Å². The fraction of sp³-hybridized carbons (Fsp3) is 0.941. The molecule has 22 heavy (non-hydrogen) atoms. The fourth-order valence-electron chi connectivity index (χ4n) is 4.31. The van der Waals surface area contributed by atoms with Crippen molar-refractivity contribution in [2.24, 2.45) is 10.9 Å². The first-order valence-electron chi connectivity index (χ1n) is 9.03. The zero-order chi connectivity index (χ0) is 15.4. The van der Waals surface area contributed by atoms with E-state index in [1.165, 1.54) is 56.5 Å². The zero-order valence-corrected chi connectivity index (χ0v) is 15.0. The second-order valence-electron chi connectivity index (χ2n) is 7.23. The summed E-state index contributed by atoms with van der Waals surface area (Å²) in [6, 6.07) is 2.15. The summed E-state index contributed by atoms with van der Waals surface area (Å²) in [5.41, 5.74) is 0. The van der Waals surface area contributed by atoms with Crippen molar-refractivity contribution in [2.75, 3.05) is 32.1 Å². The van der Waals surface area contributed by atoms with Crippen LogP contribution in [0.25, 0.3) is 0 Å². The largest absolute Gasteiger partial charge is 0.356 e. The molecule has 3 rings (SSSR count). The first-order valence-corrected chi connectivity index (χ1v) is 10.2. The van der Waals surface area contributed by atoms with E-state index in [4.69, 9.17) is 0 Å². The molecule has 3 fully saturated rings. The first-order chi connectivity index (χ1) is 10.8. The summed E-state index contributed by atoms with van der Waals surface area (Å²) in [6.45, 7) is 1.08. The van der Waals surface area contributed by atoms with Gasteiger partial charge in [-0.25, -0.2) is 0 Å². The second kappa shape index (κ2) is 7.91. The van der Waals surface area contributed by atoms with Crippen LogP contribution in [-0.2, 0) is 0 Å². The van der Waals surface area contributed by atoms with E-state index in [9.17, 15) is 0 Å². The Kier molecular flexibility index (Phi) is 5.91. The van der Waals surface area contributed by atoms with Crippen molar-refractivity contribution >= 4 is 17.7 Å². The lowest BCUT2D eigenvalue weighted by Gasteiger charge is -2.47. The molecule has 3 aliphatic rings. The molecule has 3 saturated heterocycles. The average Bonchev–Trinajstić information content (AvgIpc) is 2.53. The van der Waals surface area contributed by atoms with Gasteiger partial charge in [0.05, 0.1) is 0 Å². The summed E-state index contributed by atoms with van der Waals surface area (Å²) in [5, 5.41) is 7.28. The number of piperidine rings is 2. The summed E-state index contributed by atoms with van der Waals surface area (Å²) in [6.07, 6.45) is 9.41. The van der Waals surface area contributed by atoms with E-state index in [1.807, 2.05) is 7.05 Å². The lowest BCUT2D eigenvalue weighted by atomic mass is 9.82. The Balaban J connectivity index is 1.46. The quantitative estimate of drug-likeness (QED) is 0.617. The van der Waals surface area contributed by atoms with E-state index in [1.54, 1.807) is 0 Å². The number of aliphatic imine (C=N–C) groups is 1. The molecule has 2 N–H and O–H groups in total. The molecule has 3 aliphatic heterocycles. The molecule has 0 saturated carbocycles. The molecule has 3 heterocycles. The van der Waals surface area contributed by atoms with Crippen molar-refractivity contribution < 1.29 is 0 Å². The third-order valence-corrected chi connectivity index (χ3v) is 6.85. The Morgan fingerprint density at radius 3 is 2.45 bits per heavy atom. The first kappa shape index (κ1) is 16.4. The number of fused-ring (bicyclic) bond motifs is 2. The maximum Gasteiger partial charge on any atom is 0.191 e. The summed E-state index contributed by atoms with van der Waals surface area (Å²) in [5.74, 6) is 4.51. The monoisotopic (exact) mass is 324 g/mol. The molecule has 0 aliphatic carbocycles. The van der Waals surface area contributed by atoms with E-state index >= 15 is 0 Å². The molecule has 0 aromatic heterocycles. The molecule has 0 aromatic rings. The van der Waals surface area contributed by atoms with Crippen LogP contribution in [-0.4, -0.2) is 61.1 Å². The third-order valence-electron chi connectivity index (χ3n) is 5.80. The van der Waals surface area contributed by atoms with E-state index in [0.29, 0.717) is 6.04 Å². The van der Waals surface area contributed by atoms with Crippen LogP contribution in [0.3, 0.4) is 0 Å². The molecule has 2 atom stereocenters. The van der Waals surface area contributed by atoms with Gasteiger partial charge in [-0.1, -0.05) is 6.42 Å². The smallest absolute Gasteiger partial charge is 0.191 e. The van der Waals surface area contributed by atoms with Crippen molar-refractivity contribution in [1.29, 1.82) is 0 Å². The molecule has 0 spiro atoms. The SMILES string of the molecule is CN=C(NCC1CCSCC1)NC1CC2CCCC(C1)N2C. The highest BCUT2D eigenvalue weighted by atomic mass is 32.2. The lowest BCUT2D eigenvalue weighted by Crippen LogP contribution is -2.56. The van der Waals surface area contributed by atoms with Crippen LogP contribution in [0.15, 0.2) is 4.99 Å². The van der Waals surface area contributed by atoms with Gasteiger partial charge in [0.1, 0.15) is 0 Å². The zero-order valence-electron chi connectivity index (χ0n) is 14.2. The van der Waals surface area contributed by atoms with Gasteiger partial charge < -0.3 is 15.5 Å². The molecule has 126 valence electrons. The van der Waals surface area contributed by atoms with Gasteiger partial charge in [-0.05, 0) is 63.0 Å². The Bertz CT molecular complexity index is 367. The second-order valence-corrected chi connectivity index (χ2v) is 8.45. The number of nitrogens with one attached hydrogen (secondary N) is 2. The molecule has 4 nitrogen and oxygen atoms in total. The van der Waals surface area contributed by atoms with Crippen LogP contribution in [0.1, 0.15) is 44.9 Å². The molecule has 0 amide bonds. The van der Waals surface area contributed by atoms with Gasteiger partial charge in [0, 0.05) is 31.7 Å². The minimum Gasteiger partial charge on any atom is -0.356 e. The summed E-state index contributed by atoms with van der Waals surface area (Å²) in [7, 11) is 4.22. The highest BCUT2D eigenvalue weighted by Gasteiger charge is 2.36. The van der Waals surface area contributed by atoms with Gasteiger partial charge in [-0.15, -0.1) is 0 Å². The fourth-order valence-corrected chi connectivity index (χ4v) is 5.52. The predicted octanol–water partition coefficient (Wildman–Crippen LogP) is 2.31. The summed E-state index contributed by atoms with van der Waals surface area (Å²) in [4.78, 5) is 7.08. The van der Waals surface area contributed by atoms with Crippen LogP contribution in [0, 0.1) is 5.92 Å². The third kappa shape index (κ3) is 4.10. The maximum atomic E-state index is 4.46.